The molecule has 0 bridgehead atoms. The molecule has 19 heavy (non-hydrogen) atoms. The highest BCUT2D eigenvalue weighted by Gasteiger charge is 2.00. The first-order valence-electron chi connectivity index (χ1n) is 5.73. The van der Waals surface area contributed by atoms with Crippen molar-refractivity contribution in [3.05, 3.63) is 12.2 Å². The summed E-state index contributed by atoms with van der Waals surface area (Å²) in [5, 5.41) is 0. The van der Waals surface area contributed by atoms with Gasteiger partial charge in [0, 0.05) is 19.3 Å². The number of esters is 1. The molecule has 4 nitrogen and oxygen atoms in total. The smallest absolute Gasteiger partial charge is 0.331 e. The van der Waals surface area contributed by atoms with Gasteiger partial charge >= 0.3 is 5.97 Å². The van der Waals surface area contributed by atoms with E-state index in [1.807, 2.05) is 13.8 Å². The summed E-state index contributed by atoms with van der Waals surface area (Å²) in [5.41, 5.74) is 0. The first-order valence-corrected chi connectivity index (χ1v) is 5.73. The van der Waals surface area contributed by atoms with Crippen molar-refractivity contribution >= 4 is 5.97 Å². The topological polar surface area (TPSA) is 44.8 Å². The van der Waals surface area contributed by atoms with Gasteiger partial charge in [-0.3, -0.25) is 0 Å². The van der Waals surface area contributed by atoms with Gasteiger partial charge in [-0.15, -0.1) is 0 Å². The van der Waals surface area contributed by atoms with Crippen LogP contribution in [0.25, 0.3) is 0 Å². The molecule has 100 valence electrons. The van der Waals surface area contributed by atoms with Gasteiger partial charge in [0.15, 0.2) is 0 Å². The van der Waals surface area contributed by atoms with E-state index in [0.717, 1.165) is 0 Å². The third kappa shape index (κ3) is 10.7. The van der Waals surface area contributed by atoms with Crippen LogP contribution < -0.4 is 0 Å². The Balaban J connectivity index is 4.27. The van der Waals surface area contributed by atoms with Crippen LogP contribution in [0.15, 0.2) is 12.2 Å². The third-order valence-electron chi connectivity index (χ3n) is 1.59. The second-order valence-corrected chi connectivity index (χ2v) is 2.89. The Hall–Kier alpha value is -2.19. The molecule has 0 atom stereocenters. The van der Waals surface area contributed by atoms with Crippen molar-refractivity contribution in [2.75, 3.05) is 20.3 Å². The third-order valence-corrected chi connectivity index (χ3v) is 1.59. The molecule has 0 N–H and O–H groups in total. The predicted molar refractivity (Wildman–Crippen MR) is 71.5 cm³/mol. The lowest BCUT2D eigenvalue weighted by Gasteiger charge is -2.08. The van der Waals surface area contributed by atoms with Gasteiger partial charge in [-0.1, -0.05) is 5.92 Å². The standard InChI is InChI=1S/C15H16O4/c1-4-18-15(19-5-2)13-11-9-7-6-8-10-12-14(16)17-3/h10,12,15H,4-5H2,1-3H3. The van der Waals surface area contributed by atoms with Gasteiger partial charge in [0.1, 0.15) is 0 Å². The molecule has 0 saturated heterocycles. The number of hydrogen-bond donors (Lipinski definition) is 0. The normalized spacial score (nSPS) is 8.84. The van der Waals surface area contributed by atoms with Gasteiger partial charge in [-0.05, 0) is 49.5 Å². The number of rotatable bonds is 5. The van der Waals surface area contributed by atoms with Crippen LogP contribution in [0, 0.1) is 35.5 Å². The zero-order valence-corrected chi connectivity index (χ0v) is 11.3. The Kier molecular flexibility index (Phi) is 10.9. The Morgan fingerprint density at radius 3 is 2.32 bits per heavy atom. The summed E-state index contributed by atoms with van der Waals surface area (Å²) in [5.74, 6) is 15.0. The number of carbonyl (C=O) groups excluding carboxylic acids is 1. The summed E-state index contributed by atoms with van der Waals surface area (Å²) in [7, 11) is 1.29. The van der Waals surface area contributed by atoms with E-state index < -0.39 is 12.3 Å². The summed E-state index contributed by atoms with van der Waals surface area (Å²) in [6, 6.07) is 0. The zero-order valence-electron chi connectivity index (χ0n) is 11.3. The van der Waals surface area contributed by atoms with E-state index in [-0.39, 0.29) is 0 Å². The highest BCUT2D eigenvalue weighted by molar-refractivity contribution is 5.82. The molecule has 0 aliphatic rings. The summed E-state index contributed by atoms with van der Waals surface area (Å²) in [6.45, 7) is 4.76. The summed E-state index contributed by atoms with van der Waals surface area (Å²) in [4.78, 5) is 10.7. The lowest BCUT2D eigenvalue weighted by molar-refractivity contribution is -0.134. The minimum absolute atomic E-state index is 0.460. The molecular weight excluding hydrogens is 244 g/mol. The predicted octanol–water partition coefficient (Wildman–Crippen LogP) is 1.12. The molecule has 0 aromatic carbocycles. The van der Waals surface area contributed by atoms with Crippen LogP contribution in [0.4, 0.5) is 0 Å². The van der Waals surface area contributed by atoms with E-state index in [1.54, 1.807) is 0 Å². The maximum absolute atomic E-state index is 10.7. The van der Waals surface area contributed by atoms with Crippen LogP contribution >= 0.6 is 0 Å². The van der Waals surface area contributed by atoms with E-state index in [2.05, 4.69) is 40.3 Å². The average molecular weight is 260 g/mol. The molecule has 0 aromatic heterocycles. The molecule has 0 fully saturated rings. The minimum atomic E-state index is -0.559. The monoisotopic (exact) mass is 260 g/mol. The van der Waals surface area contributed by atoms with Crippen LogP contribution in [0.3, 0.4) is 0 Å². The van der Waals surface area contributed by atoms with Crippen LogP contribution in [0.5, 0.6) is 0 Å². The van der Waals surface area contributed by atoms with E-state index in [1.165, 1.54) is 19.3 Å². The van der Waals surface area contributed by atoms with Crippen LogP contribution in [-0.2, 0) is 19.0 Å². The van der Waals surface area contributed by atoms with Gasteiger partial charge < -0.3 is 14.2 Å². The number of methoxy groups -OCH3 is 1. The SMILES string of the molecule is CCOC(C#CC#CC#CC=CC(=O)OC)OCC. The van der Waals surface area contributed by atoms with E-state index in [0.29, 0.717) is 13.2 Å². The van der Waals surface area contributed by atoms with E-state index >= 15 is 0 Å². The fourth-order valence-corrected chi connectivity index (χ4v) is 0.847. The largest absolute Gasteiger partial charge is 0.466 e. The zero-order chi connectivity index (χ0) is 14.3. The molecule has 0 heterocycles. The molecule has 0 saturated carbocycles. The fraction of sp³-hybridized carbons (Fsp3) is 0.400. The van der Waals surface area contributed by atoms with Crippen molar-refractivity contribution in [3.63, 3.8) is 0 Å². The summed E-state index contributed by atoms with van der Waals surface area (Å²) < 4.78 is 14.8. The van der Waals surface area contributed by atoms with Crippen molar-refractivity contribution in [1.29, 1.82) is 0 Å². The Morgan fingerprint density at radius 2 is 1.74 bits per heavy atom. The lowest BCUT2D eigenvalue weighted by atomic mass is 10.4. The molecular formula is C15H16O4. The van der Waals surface area contributed by atoms with Crippen molar-refractivity contribution in [2.45, 2.75) is 20.1 Å². The maximum Gasteiger partial charge on any atom is 0.331 e. The highest BCUT2D eigenvalue weighted by atomic mass is 16.7. The average Bonchev–Trinajstić information content (AvgIpc) is 2.41. The van der Waals surface area contributed by atoms with Gasteiger partial charge in [-0.2, -0.15) is 0 Å². The molecule has 0 aromatic rings. The molecule has 0 aliphatic carbocycles. The maximum atomic E-state index is 10.7. The Bertz CT molecular complexity index is 465. The van der Waals surface area contributed by atoms with Crippen molar-refractivity contribution in [1.82, 2.24) is 0 Å². The number of ether oxygens (including phenoxy) is 3. The van der Waals surface area contributed by atoms with E-state index in [9.17, 15) is 4.79 Å². The van der Waals surface area contributed by atoms with Crippen LogP contribution in [-0.4, -0.2) is 32.6 Å². The molecule has 0 rings (SSSR count). The van der Waals surface area contributed by atoms with Crippen molar-refractivity contribution in [3.8, 4) is 35.5 Å². The first-order chi connectivity index (χ1) is 9.24. The van der Waals surface area contributed by atoms with Gasteiger partial charge in [0.25, 0.3) is 0 Å². The van der Waals surface area contributed by atoms with Crippen molar-refractivity contribution in [2.24, 2.45) is 0 Å². The molecule has 0 spiro atoms. The quantitative estimate of drug-likeness (QED) is 0.322. The second kappa shape index (κ2) is 12.3. The summed E-state index contributed by atoms with van der Waals surface area (Å²) >= 11 is 0. The summed E-state index contributed by atoms with van der Waals surface area (Å²) in [6.07, 6.45) is 2.01. The Labute approximate surface area is 114 Å². The van der Waals surface area contributed by atoms with Gasteiger partial charge in [0.2, 0.25) is 6.29 Å². The molecule has 0 unspecified atom stereocenters. The fourth-order valence-electron chi connectivity index (χ4n) is 0.847. The molecule has 4 heteroatoms. The van der Waals surface area contributed by atoms with Gasteiger partial charge in [-0.25, -0.2) is 4.79 Å². The number of allylic oxidation sites excluding steroid dienone is 1. The minimum Gasteiger partial charge on any atom is -0.466 e. The Morgan fingerprint density at radius 1 is 1.11 bits per heavy atom. The van der Waals surface area contributed by atoms with Crippen LogP contribution in [0.2, 0.25) is 0 Å². The second-order valence-electron chi connectivity index (χ2n) is 2.89. The molecule has 0 radical (unpaired) electrons. The number of carbonyl (C=O) groups is 1. The highest BCUT2D eigenvalue weighted by Crippen LogP contribution is 1.91. The van der Waals surface area contributed by atoms with Crippen molar-refractivity contribution < 1.29 is 19.0 Å². The molecule has 0 amide bonds. The lowest BCUT2D eigenvalue weighted by Crippen LogP contribution is -2.14. The van der Waals surface area contributed by atoms with E-state index in [4.69, 9.17) is 9.47 Å². The van der Waals surface area contributed by atoms with Crippen LogP contribution in [0.1, 0.15) is 13.8 Å². The van der Waals surface area contributed by atoms with Gasteiger partial charge in [0.05, 0.1) is 7.11 Å². The first kappa shape index (κ1) is 16.8. The molecule has 0 aliphatic heterocycles. The number of hydrogen-bond acceptors (Lipinski definition) is 4.